The lowest BCUT2D eigenvalue weighted by molar-refractivity contribution is -0.181. The zero-order valence-electron chi connectivity index (χ0n) is 20.3. The van der Waals surface area contributed by atoms with Gasteiger partial charge in [-0.2, -0.15) is 0 Å². The van der Waals surface area contributed by atoms with E-state index in [0.29, 0.717) is 49.3 Å². The third-order valence-electron chi connectivity index (χ3n) is 8.31. The molecule has 0 amide bonds. The van der Waals surface area contributed by atoms with Crippen molar-refractivity contribution in [2.75, 3.05) is 6.54 Å². The molecule has 0 aromatic carbocycles. The number of alkyl halides is 1. The highest BCUT2D eigenvalue weighted by Gasteiger charge is 2.52. The number of dihydropyridines is 1. The van der Waals surface area contributed by atoms with Crippen LogP contribution in [0.2, 0.25) is 0 Å². The Labute approximate surface area is 209 Å². The van der Waals surface area contributed by atoms with Crippen molar-refractivity contribution < 1.29 is 24.2 Å². The van der Waals surface area contributed by atoms with Crippen LogP contribution < -0.4 is 5.63 Å². The maximum Gasteiger partial charge on any atom is 0.343 e. The predicted molar refractivity (Wildman–Crippen MR) is 132 cm³/mol. The molecule has 7 atom stereocenters. The first-order valence-corrected chi connectivity index (χ1v) is 12.9. The van der Waals surface area contributed by atoms with Gasteiger partial charge in [0.25, 0.3) is 0 Å². The van der Waals surface area contributed by atoms with Gasteiger partial charge in [-0.3, -0.25) is 9.79 Å². The van der Waals surface area contributed by atoms with Crippen LogP contribution in [0.3, 0.4) is 0 Å². The molecule has 4 aliphatic rings. The van der Waals surface area contributed by atoms with Gasteiger partial charge in [0.15, 0.2) is 0 Å². The second kappa shape index (κ2) is 9.25. The Morgan fingerprint density at radius 3 is 2.60 bits per heavy atom. The number of aromatic hydroxyl groups is 1. The van der Waals surface area contributed by atoms with Crippen molar-refractivity contribution in [1.29, 1.82) is 0 Å². The predicted octanol–water partition coefficient (Wildman–Crippen LogP) is 3.82. The van der Waals surface area contributed by atoms with Crippen LogP contribution >= 0.6 is 11.6 Å². The van der Waals surface area contributed by atoms with Gasteiger partial charge in [0.2, 0.25) is 0 Å². The van der Waals surface area contributed by atoms with E-state index in [0.717, 1.165) is 6.42 Å². The first kappa shape index (κ1) is 24.3. The average molecular weight is 502 g/mol. The lowest BCUT2D eigenvalue weighted by Gasteiger charge is -2.44. The van der Waals surface area contributed by atoms with E-state index in [1.54, 1.807) is 6.08 Å². The molecule has 7 nitrogen and oxygen atoms in total. The number of carbonyl (C=O) groups excluding carboxylic acids is 1. The zero-order valence-corrected chi connectivity index (χ0v) is 21.0. The summed E-state index contributed by atoms with van der Waals surface area (Å²) in [4.78, 5) is 31.3. The molecule has 35 heavy (non-hydrogen) atoms. The molecule has 8 heteroatoms. The maximum absolute atomic E-state index is 13.4. The van der Waals surface area contributed by atoms with Crippen molar-refractivity contribution >= 4 is 23.3 Å². The first-order chi connectivity index (χ1) is 16.7. The van der Waals surface area contributed by atoms with Crippen molar-refractivity contribution in [2.45, 2.75) is 76.4 Å². The molecule has 1 aromatic heterocycles. The van der Waals surface area contributed by atoms with Crippen molar-refractivity contribution in [3.05, 3.63) is 50.6 Å². The second-order valence-corrected chi connectivity index (χ2v) is 11.1. The smallest absolute Gasteiger partial charge is 0.343 e. The van der Waals surface area contributed by atoms with Crippen LogP contribution in [-0.4, -0.2) is 46.0 Å². The van der Waals surface area contributed by atoms with Crippen molar-refractivity contribution in [2.24, 2.45) is 22.7 Å². The van der Waals surface area contributed by atoms with E-state index in [1.807, 2.05) is 26.8 Å². The van der Waals surface area contributed by atoms with Crippen molar-refractivity contribution in [3.63, 3.8) is 0 Å². The molecule has 5 rings (SSSR count). The normalized spacial score (nSPS) is 33.5. The molecule has 3 heterocycles. The summed E-state index contributed by atoms with van der Waals surface area (Å²) < 4.78 is 11.6. The van der Waals surface area contributed by atoms with E-state index in [-0.39, 0.29) is 28.5 Å². The summed E-state index contributed by atoms with van der Waals surface area (Å²) in [5.41, 5.74) is 2.53. The lowest BCUT2D eigenvalue weighted by atomic mass is 9.68. The standard InChI is InChI=1S/C27H32ClNO6/c1-12-8-15-19(9-13(12)2)34-26(32)22(24(15)30)21(18-6-4-5-7-29-18)23-25(31)16-11-17(28)14(3)10-20(16)35-27(23)33/h4,6,14-15,17,19,21-22,24,30-31H,5,7-11H2,1-3H3. The highest BCUT2D eigenvalue weighted by Crippen LogP contribution is 2.46. The Hall–Kier alpha value is -2.38. The first-order valence-electron chi connectivity index (χ1n) is 12.4. The Bertz CT molecular complexity index is 1200. The maximum atomic E-state index is 13.4. The van der Waals surface area contributed by atoms with Gasteiger partial charge < -0.3 is 19.4 Å². The average Bonchev–Trinajstić information content (AvgIpc) is 2.81. The van der Waals surface area contributed by atoms with Crippen LogP contribution in [0, 0.1) is 17.8 Å². The fourth-order valence-electron chi connectivity index (χ4n) is 6.05. The molecule has 1 aromatic rings. The number of hydrogen-bond donors (Lipinski definition) is 2. The highest BCUT2D eigenvalue weighted by atomic mass is 35.5. The third-order valence-corrected chi connectivity index (χ3v) is 8.89. The number of aliphatic imine (C=N–C) groups is 1. The number of ether oxygens (including phenoxy) is 1. The van der Waals surface area contributed by atoms with Gasteiger partial charge in [-0.05, 0) is 45.1 Å². The molecule has 7 unspecified atom stereocenters. The van der Waals surface area contributed by atoms with Crippen LogP contribution in [-0.2, 0) is 22.4 Å². The van der Waals surface area contributed by atoms with Gasteiger partial charge in [0, 0.05) is 42.0 Å². The van der Waals surface area contributed by atoms with Gasteiger partial charge >= 0.3 is 11.6 Å². The monoisotopic (exact) mass is 501 g/mol. The number of esters is 1. The van der Waals surface area contributed by atoms with E-state index in [4.69, 9.17) is 20.8 Å². The lowest BCUT2D eigenvalue weighted by Crippen LogP contribution is -2.53. The minimum atomic E-state index is -1.09. The number of nitrogens with zero attached hydrogens (tertiary/aromatic N) is 1. The Kier molecular flexibility index (Phi) is 6.43. The Morgan fingerprint density at radius 1 is 1.14 bits per heavy atom. The molecule has 1 fully saturated rings. The molecule has 1 saturated heterocycles. The van der Waals surface area contributed by atoms with Crippen LogP contribution in [0.25, 0.3) is 0 Å². The minimum absolute atomic E-state index is 0.0498. The molecular formula is C27H32ClNO6. The Balaban J connectivity index is 1.63. The van der Waals surface area contributed by atoms with E-state index < -0.39 is 35.6 Å². The molecule has 0 spiro atoms. The largest absolute Gasteiger partial charge is 0.507 e. The highest BCUT2D eigenvalue weighted by molar-refractivity contribution is 6.21. The van der Waals surface area contributed by atoms with Gasteiger partial charge in [-0.15, -0.1) is 11.6 Å². The van der Waals surface area contributed by atoms with Crippen LogP contribution in [0.4, 0.5) is 0 Å². The SMILES string of the molecule is CC1=C(C)CC2C(C1)OC(=O)C(C(C1=NCCC=C1)c1c(O)c3c(oc1=O)CC(C)C(Cl)C3)C2O. The molecule has 0 saturated carbocycles. The van der Waals surface area contributed by atoms with Crippen LogP contribution in [0.5, 0.6) is 5.75 Å². The third kappa shape index (κ3) is 4.16. The topological polar surface area (TPSA) is 109 Å². The molecule has 0 bridgehead atoms. The van der Waals surface area contributed by atoms with E-state index >= 15 is 0 Å². The van der Waals surface area contributed by atoms with Gasteiger partial charge in [-0.25, -0.2) is 4.79 Å². The van der Waals surface area contributed by atoms with Gasteiger partial charge in [0.05, 0.1) is 23.5 Å². The molecule has 0 radical (unpaired) electrons. The number of allylic oxidation sites excluding steroid dienone is 2. The summed E-state index contributed by atoms with van der Waals surface area (Å²) in [6.07, 6.45) is 4.92. The summed E-state index contributed by atoms with van der Waals surface area (Å²) in [5, 5.41) is 22.7. The van der Waals surface area contributed by atoms with E-state index in [9.17, 15) is 19.8 Å². The van der Waals surface area contributed by atoms with Crippen molar-refractivity contribution in [1.82, 2.24) is 0 Å². The van der Waals surface area contributed by atoms with Gasteiger partial charge in [-0.1, -0.05) is 24.1 Å². The summed E-state index contributed by atoms with van der Waals surface area (Å²) in [5.74, 6) is -2.65. The van der Waals surface area contributed by atoms with Crippen molar-refractivity contribution in [3.8, 4) is 5.75 Å². The zero-order chi connectivity index (χ0) is 25.0. The molecule has 2 aliphatic heterocycles. The summed E-state index contributed by atoms with van der Waals surface area (Å²) in [7, 11) is 0. The van der Waals surface area contributed by atoms with E-state index in [2.05, 4.69) is 4.99 Å². The van der Waals surface area contributed by atoms with Gasteiger partial charge in [0.1, 0.15) is 17.6 Å². The molecule has 2 N–H and O–H groups in total. The fraction of sp³-hybridized carbons (Fsp3) is 0.593. The number of fused-ring (bicyclic) bond motifs is 2. The number of aliphatic hydroxyl groups excluding tert-OH is 1. The number of rotatable bonds is 3. The number of aliphatic hydroxyl groups is 1. The number of hydrogen-bond acceptors (Lipinski definition) is 7. The van der Waals surface area contributed by atoms with Crippen LogP contribution in [0.15, 0.2) is 37.5 Å². The summed E-state index contributed by atoms with van der Waals surface area (Å²) in [6, 6.07) is 0. The second-order valence-electron chi connectivity index (χ2n) is 10.6. The summed E-state index contributed by atoms with van der Waals surface area (Å²) >= 11 is 6.50. The molecule has 188 valence electrons. The number of carbonyl (C=O) groups is 1. The molecular weight excluding hydrogens is 470 g/mol. The molecule has 2 aliphatic carbocycles. The quantitative estimate of drug-likeness (QED) is 0.370. The Morgan fingerprint density at radius 2 is 1.89 bits per heavy atom. The minimum Gasteiger partial charge on any atom is -0.507 e. The van der Waals surface area contributed by atoms with Crippen LogP contribution in [0.1, 0.15) is 62.8 Å². The number of halogens is 1. The fourth-order valence-corrected chi connectivity index (χ4v) is 6.29. The summed E-state index contributed by atoms with van der Waals surface area (Å²) in [6.45, 7) is 6.51. The van der Waals surface area contributed by atoms with E-state index in [1.165, 1.54) is 11.1 Å².